The monoisotopic (exact) mass is 369 g/mol. The van der Waals surface area contributed by atoms with Gasteiger partial charge in [-0.1, -0.05) is 12.1 Å². The summed E-state index contributed by atoms with van der Waals surface area (Å²) in [5.41, 5.74) is 1.83. The molecular formula is C18H15N3O4S. The number of nitro groups is 1. The summed E-state index contributed by atoms with van der Waals surface area (Å²) in [5, 5.41) is 15.7. The lowest BCUT2D eigenvalue weighted by atomic mass is 10.1. The smallest absolute Gasteiger partial charge is 0.269 e. The molecule has 1 amide bonds. The minimum absolute atomic E-state index is 0.0186. The second-order valence-electron chi connectivity index (χ2n) is 5.23. The average Bonchev–Trinajstić information content (AvgIpc) is 3.11. The summed E-state index contributed by atoms with van der Waals surface area (Å²) in [6.45, 7) is 2.32. The molecule has 0 radical (unpaired) electrons. The Morgan fingerprint density at radius 2 is 1.96 bits per heavy atom. The molecule has 0 bridgehead atoms. The molecule has 1 aromatic heterocycles. The van der Waals surface area contributed by atoms with Crippen molar-refractivity contribution in [3.8, 4) is 17.0 Å². The van der Waals surface area contributed by atoms with Crippen LogP contribution < -0.4 is 10.1 Å². The highest BCUT2D eigenvalue weighted by molar-refractivity contribution is 7.14. The third kappa shape index (κ3) is 3.86. The Morgan fingerprint density at radius 1 is 1.23 bits per heavy atom. The highest BCUT2D eigenvalue weighted by atomic mass is 32.1. The van der Waals surface area contributed by atoms with E-state index in [4.69, 9.17) is 4.74 Å². The van der Waals surface area contributed by atoms with Crippen LogP contribution in [0.4, 0.5) is 10.8 Å². The Hall–Kier alpha value is -3.26. The van der Waals surface area contributed by atoms with E-state index in [2.05, 4.69) is 10.3 Å². The number of benzene rings is 2. The number of ether oxygens (including phenoxy) is 1. The zero-order valence-corrected chi connectivity index (χ0v) is 14.7. The number of amides is 1. The number of nitrogens with zero attached hydrogens (tertiary/aromatic N) is 2. The van der Waals surface area contributed by atoms with Gasteiger partial charge < -0.3 is 4.74 Å². The van der Waals surface area contributed by atoms with E-state index >= 15 is 0 Å². The lowest BCUT2D eigenvalue weighted by molar-refractivity contribution is -0.384. The number of anilines is 1. The highest BCUT2D eigenvalue weighted by Gasteiger charge is 2.14. The maximum atomic E-state index is 12.5. The Balaban J connectivity index is 1.76. The number of thiazole rings is 1. The molecular weight excluding hydrogens is 354 g/mol. The molecule has 0 unspecified atom stereocenters. The predicted molar refractivity (Wildman–Crippen MR) is 99.8 cm³/mol. The number of non-ortho nitro benzene ring substituents is 1. The Kier molecular flexibility index (Phi) is 5.23. The molecule has 0 fully saturated rings. The number of hydrogen-bond acceptors (Lipinski definition) is 6. The molecule has 0 aliphatic carbocycles. The van der Waals surface area contributed by atoms with Crippen LogP contribution in [0.1, 0.15) is 17.3 Å². The molecule has 132 valence electrons. The van der Waals surface area contributed by atoms with Crippen molar-refractivity contribution in [3.05, 3.63) is 69.6 Å². The van der Waals surface area contributed by atoms with E-state index < -0.39 is 4.92 Å². The first-order valence-corrected chi connectivity index (χ1v) is 8.70. The molecule has 8 heteroatoms. The van der Waals surface area contributed by atoms with Gasteiger partial charge in [-0.25, -0.2) is 4.98 Å². The standard InChI is InChI=1S/C18H15N3O4S/c1-2-25-16-6-4-3-5-14(16)17(22)20-18-19-15(11-26-18)12-7-9-13(10-8-12)21(23)24/h3-11H,2H2,1H3,(H,19,20,22). The van der Waals surface area contributed by atoms with Crippen molar-refractivity contribution in [2.24, 2.45) is 0 Å². The summed E-state index contributed by atoms with van der Waals surface area (Å²) in [7, 11) is 0. The summed E-state index contributed by atoms with van der Waals surface area (Å²) in [4.78, 5) is 27.1. The maximum absolute atomic E-state index is 12.5. The van der Waals surface area contributed by atoms with Gasteiger partial charge in [0, 0.05) is 23.1 Å². The van der Waals surface area contributed by atoms with Crippen molar-refractivity contribution in [1.82, 2.24) is 4.98 Å². The van der Waals surface area contributed by atoms with Gasteiger partial charge in [-0.2, -0.15) is 0 Å². The van der Waals surface area contributed by atoms with E-state index in [0.717, 1.165) is 5.56 Å². The van der Waals surface area contributed by atoms with E-state index in [1.165, 1.54) is 23.5 Å². The topological polar surface area (TPSA) is 94.4 Å². The lowest BCUT2D eigenvalue weighted by Gasteiger charge is -2.08. The van der Waals surface area contributed by atoms with Crippen LogP contribution in [-0.4, -0.2) is 22.4 Å². The van der Waals surface area contributed by atoms with Gasteiger partial charge in [0.1, 0.15) is 5.75 Å². The van der Waals surface area contributed by atoms with Gasteiger partial charge >= 0.3 is 0 Å². The molecule has 0 aliphatic heterocycles. The van der Waals surface area contributed by atoms with E-state index in [1.807, 2.05) is 6.92 Å². The second-order valence-corrected chi connectivity index (χ2v) is 6.08. The van der Waals surface area contributed by atoms with Crippen molar-refractivity contribution in [3.63, 3.8) is 0 Å². The zero-order chi connectivity index (χ0) is 18.5. The molecule has 0 spiro atoms. The molecule has 3 rings (SSSR count). The van der Waals surface area contributed by atoms with Gasteiger partial charge in [-0.15, -0.1) is 11.3 Å². The van der Waals surface area contributed by atoms with Crippen LogP contribution in [0, 0.1) is 10.1 Å². The van der Waals surface area contributed by atoms with Gasteiger partial charge in [0.15, 0.2) is 5.13 Å². The molecule has 2 aromatic carbocycles. The quantitative estimate of drug-likeness (QED) is 0.514. The molecule has 0 saturated heterocycles. The highest BCUT2D eigenvalue weighted by Crippen LogP contribution is 2.27. The molecule has 0 saturated carbocycles. The van der Waals surface area contributed by atoms with Gasteiger partial charge in [0.25, 0.3) is 11.6 Å². The van der Waals surface area contributed by atoms with Crippen LogP contribution in [-0.2, 0) is 0 Å². The van der Waals surface area contributed by atoms with Crippen molar-refractivity contribution in [2.75, 3.05) is 11.9 Å². The first kappa shape index (κ1) is 17.6. The van der Waals surface area contributed by atoms with Gasteiger partial charge in [0.05, 0.1) is 22.8 Å². The fourth-order valence-corrected chi connectivity index (χ4v) is 3.03. The van der Waals surface area contributed by atoms with Crippen LogP contribution in [0.25, 0.3) is 11.3 Å². The van der Waals surface area contributed by atoms with E-state index in [1.54, 1.807) is 41.8 Å². The Labute approximate surface area is 153 Å². The third-order valence-corrected chi connectivity index (χ3v) is 4.29. The third-order valence-electron chi connectivity index (χ3n) is 3.53. The molecule has 0 atom stereocenters. The number of carbonyl (C=O) groups is 1. The predicted octanol–water partition coefficient (Wildman–Crippen LogP) is 4.37. The summed E-state index contributed by atoms with van der Waals surface area (Å²) < 4.78 is 5.47. The summed E-state index contributed by atoms with van der Waals surface area (Å²) >= 11 is 1.28. The normalized spacial score (nSPS) is 10.3. The molecule has 0 aliphatic rings. The number of hydrogen-bond donors (Lipinski definition) is 1. The van der Waals surface area contributed by atoms with E-state index in [9.17, 15) is 14.9 Å². The SMILES string of the molecule is CCOc1ccccc1C(=O)Nc1nc(-c2ccc([N+](=O)[O-])cc2)cs1. The van der Waals surface area contributed by atoms with Crippen LogP contribution in [0.3, 0.4) is 0 Å². The molecule has 3 aromatic rings. The largest absolute Gasteiger partial charge is 0.493 e. The first-order valence-electron chi connectivity index (χ1n) is 7.82. The Morgan fingerprint density at radius 3 is 2.65 bits per heavy atom. The van der Waals surface area contributed by atoms with Crippen LogP contribution >= 0.6 is 11.3 Å². The maximum Gasteiger partial charge on any atom is 0.269 e. The number of nitro benzene ring substituents is 1. The van der Waals surface area contributed by atoms with Crippen LogP contribution in [0.15, 0.2) is 53.9 Å². The number of aromatic nitrogens is 1. The van der Waals surface area contributed by atoms with Crippen molar-refractivity contribution in [1.29, 1.82) is 0 Å². The number of nitrogens with one attached hydrogen (secondary N) is 1. The Bertz CT molecular complexity index is 938. The minimum Gasteiger partial charge on any atom is -0.493 e. The lowest BCUT2D eigenvalue weighted by Crippen LogP contribution is -2.13. The number of para-hydroxylation sites is 1. The summed E-state index contributed by atoms with van der Waals surface area (Å²) in [6.07, 6.45) is 0. The van der Waals surface area contributed by atoms with Crippen molar-refractivity contribution in [2.45, 2.75) is 6.92 Å². The fraction of sp³-hybridized carbons (Fsp3) is 0.111. The molecule has 26 heavy (non-hydrogen) atoms. The van der Waals surface area contributed by atoms with E-state index in [-0.39, 0.29) is 11.6 Å². The zero-order valence-electron chi connectivity index (χ0n) is 13.8. The summed E-state index contributed by atoms with van der Waals surface area (Å²) in [6, 6.07) is 13.1. The number of rotatable bonds is 6. The van der Waals surface area contributed by atoms with Crippen molar-refractivity contribution >= 4 is 28.1 Å². The molecule has 1 heterocycles. The molecule has 7 nitrogen and oxygen atoms in total. The van der Waals surface area contributed by atoms with Gasteiger partial charge in [-0.3, -0.25) is 20.2 Å². The van der Waals surface area contributed by atoms with Gasteiger partial charge in [-0.05, 0) is 31.2 Å². The van der Waals surface area contributed by atoms with Crippen molar-refractivity contribution < 1.29 is 14.5 Å². The fourth-order valence-electron chi connectivity index (χ4n) is 2.32. The van der Waals surface area contributed by atoms with Crippen LogP contribution in [0.5, 0.6) is 5.75 Å². The summed E-state index contributed by atoms with van der Waals surface area (Å²) in [5.74, 6) is 0.207. The van der Waals surface area contributed by atoms with Crippen LogP contribution in [0.2, 0.25) is 0 Å². The second kappa shape index (κ2) is 7.75. The van der Waals surface area contributed by atoms with E-state index in [0.29, 0.717) is 28.7 Å². The van der Waals surface area contributed by atoms with Gasteiger partial charge in [0.2, 0.25) is 0 Å². The first-order chi connectivity index (χ1) is 12.6. The minimum atomic E-state index is -0.452. The number of carbonyl (C=O) groups excluding carboxylic acids is 1. The average molecular weight is 369 g/mol. The molecule has 1 N–H and O–H groups in total.